The number of benzene rings is 2. The predicted octanol–water partition coefficient (Wildman–Crippen LogP) is 3.06. The third kappa shape index (κ3) is 2.06. The van der Waals surface area contributed by atoms with Crippen molar-refractivity contribution in [3.8, 4) is 17.2 Å². The van der Waals surface area contributed by atoms with Crippen molar-refractivity contribution in [2.45, 2.75) is 0 Å². The van der Waals surface area contributed by atoms with E-state index in [4.69, 9.17) is 10.4 Å². The summed E-state index contributed by atoms with van der Waals surface area (Å²) in [4.78, 5) is 10.7. The van der Waals surface area contributed by atoms with E-state index in [2.05, 4.69) is 0 Å². The standard InChI is InChI=1S/C14H8FNO2/c15-13-7-9(14(17)18)5-6-12(13)11-4-2-1-3-10(11)8-16/h1-7H,(H,17,18). The van der Waals surface area contributed by atoms with Gasteiger partial charge in [0.05, 0.1) is 17.2 Å². The van der Waals surface area contributed by atoms with Gasteiger partial charge in [-0.15, -0.1) is 0 Å². The Morgan fingerprint density at radius 3 is 2.50 bits per heavy atom. The Morgan fingerprint density at radius 1 is 1.17 bits per heavy atom. The highest BCUT2D eigenvalue weighted by molar-refractivity contribution is 5.88. The monoisotopic (exact) mass is 241 g/mol. The van der Waals surface area contributed by atoms with Crippen LogP contribution < -0.4 is 0 Å². The van der Waals surface area contributed by atoms with Crippen LogP contribution in [0.15, 0.2) is 42.5 Å². The van der Waals surface area contributed by atoms with Gasteiger partial charge in [0, 0.05) is 11.1 Å². The number of nitrogens with zero attached hydrogens (tertiary/aromatic N) is 1. The van der Waals surface area contributed by atoms with E-state index in [-0.39, 0.29) is 11.1 Å². The quantitative estimate of drug-likeness (QED) is 0.878. The first kappa shape index (κ1) is 11.8. The van der Waals surface area contributed by atoms with E-state index in [0.29, 0.717) is 11.1 Å². The maximum atomic E-state index is 13.8. The Bertz CT molecular complexity index is 659. The molecule has 0 aliphatic carbocycles. The second-order valence-corrected chi connectivity index (χ2v) is 3.66. The van der Waals surface area contributed by atoms with Crippen molar-refractivity contribution in [2.24, 2.45) is 0 Å². The van der Waals surface area contributed by atoms with Gasteiger partial charge in [-0.25, -0.2) is 9.18 Å². The molecule has 0 aliphatic heterocycles. The Balaban J connectivity index is 2.59. The van der Waals surface area contributed by atoms with Crippen molar-refractivity contribution in [1.29, 1.82) is 5.26 Å². The maximum Gasteiger partial charge on any atom is 0.335 e. The van der Waals surface area contributed by atoms with Gasteiger partial charge in [0.25, 0.3) is 0 Å². The van der Waals surface area contributed by atoms with Gasteiger partial charge < -0.3 is 5.11 Å². The topological polar surface area (TPSA) is 61.1 Å². The Hall–Kier alpha value is -2.67. The molecular weight excluding hydrogens is 233 g/mol. The Labute approximate surface area is 103 Å². The van der Waals surface area contributed by atoms with Gasteiger partial charge in [-0.3, -0.25) is 0 Å². The summed E-state index contributed by atoms with van der Waals surface area (Å²) in [7, 11) is 0. The zero-order valence-electron chi connectivity index (χ0n) is 9.22. The second kappa shape index (κ2) is 4.68. The molecule has 0 aliphatic rings. The number of aromatic carboxylic acids is 1. The lowest BCUT2D eigenvalue weighted by Gasteiger charge is -2.06. The van der Waals surface area contributed by atoms with Crippen molar-refractivity contribution in [3.63, 3.8) is 0 Å². The van der Waals surface area contributed by atoms with Crippen LogP contribution in [0, 0.1) is 17.1 Å². The maximum absolute atomic E-state index is 13.8. The molecular formula is C14H8FNO2. The number of halogens is 1. The lowest BCUT2D eigenvalue weighted by Crippen LogP contribution is -1.98. The van der Waals surface area contributed by atoms with E-state index in [9.17, 15) is 9.18 Å². The number of carbonyl (C=O) groups is 1. The molecule has 0 fully saturated rings. The highest BCUT2D eigenvalue weighted by atomic mass is 19.1. The number of carboxylic acid groups (broad SMARTS) is 1. The van der Waals surface area contributed by atoms with Crippen LogP contribution in [0.1, 0.15) is 15.9 Å². The average molecular weight is 241 g/mol. The lowest BCUT2D eigenvalue weighted by molar-refractivity contribution is 0.0696. The Morgan fingerprint density at radius 2 is 1.89 bits per heavy atom. The van der Waals surface area contributed by atoms with E-state index < -0.39 is 11.8 Å². The molecule has 4 heteroatoms. The predicted molar refractivity (Wildman–Crippen MR) is 63.5 cm³/mol. The van der Waals surface area contributed by atoms with Crippen molar-refractivity contribution in [2.75, 3.05) is 0 Å². The molecule has 0 saturated carbocycles. The minimum atomic E-state index is -1.19. The van der Waals surface area contributed by atoms with Crippen LogP contribution in [-0.2, 0) is 0 Å². The normalized spacial score (nSPS) is 9.78. The number of rotatable bonds is 2. The summed E-state index contributed by atoms with van der Waals surface area (Å²) in [5.41, 5.74) is 0.900. The van der Waals surface area contributed by atoms with E-state index in [1.165, 1.54) is 12.1 Å². The van der Waals surface area contributed by atoms with Gasteiger partial charge in [0.2, 0.25) is 0 Å². The van der Waals surface area contributed by atoms with E-state index >= 15 is 0 Å². The van der Waals surface area contributed by atoms with E-state index in [1.54, 1.807) is 24.3 Å². The molecule has 2 aromatic carbocycles. The van der Waals surface area contributed by atoms with Crippen LogP contribution in [0.3, 0.4) is 0 Å². The van der Waals surface area contributed by atoms with Crippen molar-refractivity contribution >= 4 is 5.97 Å². The molecule has 0 amide bonds. The van der Waals surface area contributed by atoms with Gasteiger partial charge in [-0.2, -0.15) is 5.26 Å². The van der Waals surface area contributed by atoms with Gasteiger partial charge in [-0.05, 0) is 18.2 Å². The van der Waals surface area contributed by atoms with Crippen molar-refractivity contribution in [1.82, 2.24) is 0 Å². The molecule has 0 radical (unpaired) electrons. The number of hydrogen-bond donors (Lipinski definition) is 1. The third-order valence-corrected chi connectivity index (χ3v) is 2.55. The summed E-state index contributed by atoms with van der Waals surface area (Å²) in [6.45, 7) is 0. The molecule has 3 nitrogen and oxygen atoms in total. The van der Waals surface area contributed by atoms with Crippen LogP contribution in [-0.4, -0.2) is 11.1 Å². The van der Waals surface area contributed by atoms with Crippen LogP contribution >= 0.6 is 0 Å². The minimum absolute atomic E-state index is 0.120. The van der Waals surface area contributed by atoms with Crippen LogP contribution in [0.25, 0.3) is 11.1 Å². The van der Waals surface area contributed by atoms with Gasteiger partial charge in [0.1, 0.15) is 5.82 Å². The van der Waals surface area contributed by atoms with Crippen molar-refractivity contribution in [3.05, 3.63) is 59.4 Å². The van der Waals surface area contributed by atoms with Gasteiger partial charge in [-0.1, -0.05) is 24.3 Å². The molecule has 2 aromatic rings. The average Bonchev–Trinajstić information content (AvgIpc) is 2.38. The summed E-state index contributed by atoms with van der Waals surface area (Å²) in [6.07, 6.45) is 0. The summed E-state index contributed by atoms with van der Waals surface area (Å²) in [5.74, 6) is -1.84. The molecule has 0 spiro atoms. The minimum Gasteiger partial charge on any atom is -0.478 e. The number of carboxylic acids is 1. The number of nitriles is 1. The van der Waals surface area contributed by atoms with Crippen LogP contribution in [0.2, 0.25) is 0 Å². The summed E-state index contributed by atoms with van der Waals surface area (Å²) in [6, 6.07) is 12.2. The number of hydrogen-bond acceptors (Lipinski definition) is 2. The molecule has 88 valence electrons. The third-order valence-electron chi connectivity index (χ3n) is 2.55. The zero-order chi connectivity index (χ0) is 13.1. The zero-order valence-corrected chi connectivity index (χ0v) is 9.22. The molecule has 0 bridgehead atoms. The smallest absolute Gasteiger partial charge is 0.335 e. The first-order valence-electron chi connectivity index (χ1n) is 5.16. The fourth-order valence-electron chi connectivity index (χ4n) is 1.68. The molecule has 0 heterocycles. The molecule has 0 aromatic heterocycles. The lowest BCUT2D eigenvalue weighted by atomic mass is 9.99. The second-order valence-electron chi connectivity index (χ2n) is 3.66. The molecule has 18 heavy (non-hydrogen) atoms. The summed E-state index contributed by atoms with van der Waals surface area (Å²) >= 11 is 0. The van der Waals surface area contributed by atoms with E-state index in [0.717, 1.165) is 6.07 Å². The molecule has 0 saturated heterocycles. The first-order chi connectivity index (χ1) is 8.63. The van der Waals surface area contributed by atoms with E-state index in [1.807, 2.05) is 6.07 Å². The summed E-state index contributed by atoms with van der Waals surface area (Å²) < 4.78 is 13.8. The molecule has 0 atom stereocenters. The highest BCUT2D eigenvalue weighted by Crippen LogP contribution is 2.26. The summed E-state index contributed by atoms with van der Waals surface area (Å²) in [5, 5.41) is 17.7. The fourth-order valence-corrected chi connectivity index (χ4v) is 1.68. The van der Waals surface area contributed by atoms with Gasteiger partial charge in [0.15, 0.2) is 0 Å². The van der Waals surface area contributed by atoms with Crippen LogP contribution in [0.4, 0.5) is 4.39 Å². The van der Waals surface area contributed by atoms with Crippen molar-refractivity contribution < 1.29 is 14.3 Å². The Kier molecular flexibility index (Phi) is 3.07. The van der Waals surface area contributed by atoms with Gasteiger partial charge >= 0.3 is 5.97 Å². The SMILES string of the molecule is N#Cc1ccccc1-c1ccc(C(=O)O)cc1F. The first-order valence-corrected chi connectivity index (χ1v) is 5.16. The highest BCUT2D eigenvalue weighted by Gasteiger charge is 2.12. The largest absolute Gasteiger partial charge is 0.478 e. The molecule has 2 rings (SSSR count). The molecule has 1 N–H and O–H groups in total. The van der Waals surface area contributed by atoms with Crippen LogP contribution in [0.5, 0.6) is 0 Å². The fraction of sp³-hybridized carbons (Fsp3) is 0. The molecule has 0 unspecified atom stereocenters.